The molecule has 18 heavy (non-hydrogen) atoms. The summed E-state index contributed by atoms with van der Waals surface area (Å²) in [5.41, 5.74) is 7.05. The number of hydrogen-bond donors (Lipinski definition) is 3. The van der Waals surface area contributed by atoms with E-state index in [4.69, 9.17) is 0 Å². The zero-order valence-corrected chi connectivity index (χ0v) is 10.2. The molecule has 9 heteroatoms. The van der Waals surface area contributed by atoms with E-state index in [9.17, 15) is 22.8 Å². The molecular formula is C9H7BrF3N3O2. The molecule has 0 fully saturated rings. The number of nitrogens with two attached hydrogens (primary N) is 1. The van der Waals surface area contributed by atoms with Crippen LogP contribution in [-0.2, 0) is 6.18 Å². The number of carbonyl (C=O) groups is 2. The fourth-order valence-electron chi connectivity index (χ4n) is 1.07. The monoisotopic (exact) mass is 325 g/mol. The molecule has 0 radical (unpaired) electrons. The third-order valence-corrected chi connectivity index (χ3v) is 2.52. The predicted octanol–water partition coefficient (Wildman–Crippen LogP) is 1.78. The van der Waals surface area contributed by atoms with Crippen molar-refractivity contribution in [3.8, 4) is 0 Å². The van der Waals surface area contributed by atoms with Gasteiger partial charge in [-0.2, -0.15) is 13.2 Å². The van der Waals surface area contributed by atoms with Crippen LogP contribution in [0, 0.1) is 0 Å². The Morgan fingerprint density at radius 2 is 1.83 bits per heavy atom. The molecule has 0 unspecified atom stereocenters. The maximum atomic E-state index is 12.6. The highest BCUT2D eigenvalue weighted by molar-refractivity contribution is 9.10. The summed E-state index contributed by atoms with van der Waals surface area (Å²) in [6, 6.07) is 1.87. The third kappa shape index (κ3) is 3.62. The molecule has 4 N–H and O–H groups in total. The maximum Gasteiger partial charge on any atom is 0.417 e. The number of amides is 3. The highest BCUT2D eigenvalue weighted by Gasteiger charge is 2.33. The van der Waals surface area contributed by atoms with E-state index in [1.807, 2.05) is 5.43 Å². The third-order valence-electron chi connectivity index (χ3n) is 1.83. The molecule has 5 nitrogen and oxygen atoms in total. The number of rotatable bonds is 1. The molecule has 0 aromatic heterocycles. The zero-order chi connectivity index (χ0) is 13.9. The quantitative estimate of drug-likeness (QED) is 0.688. The van der Waals surface area contributed by atoms with Gasteiger partial charge in [0.25, 0.3) is 5.91 Å². The number of urea groups is 1. The Balaban J connectivity index is 2.98. The number of halogens is 4. The Bertz CT molecular complexity index is 490. The second-order valence-electron chi connectivity index (χ2n) is 3.14. The number of hydrazine groups is 1. The number of nitrogens with one attached hydrogen (secondary N) is 2. The summed E-state index contributed by atoms with van der Waals surface area (Å²) in [5.74, 6) is -0.910. The van der Waals surface area contributed by atoms with Gasteiger partial charge in [0, 0.05) is 10.0 Å². The Morgan fingerprint density at radius 1 is 1.22 bits per heavy atom. The van der Waals surface area contributed by atoms with Gasteiger partial charge in [0.2, 0.25) is 0 Å². The van der Waals surface area contributed by atoms with Crippen LogP contribution in [0.25, 0.3) is 0 Å². The summed E-state index contributed by atoms with van der Waals surface area (Å²) in [6.07, 6.45) is -4.59. The number of benzene rings is 1. The van der Waals surface area contributed by atoms with E-state index in [2.05, 4.69) is 21.7 Å². The van der Waals surface area contributed by atoms with Crippen molar-refractivity contribution in [1.29, 1.82) is 0 Å². The maximum absolute atomic E-state index is 12.6. The molecule has 1 aromatic rings. The lowest BCUT2D eigenvalue weighted by Crippen LogP contribution is -2.44. The molecule has 0 bridgehead atoms. The number of carbonyl (C=O) groups excluding carboxylic acids is 2. The highest BCUT2D eigenvalue weighted by Crippen LogP contribution is 2.35. The van der Waals surface area contributed by atoms with Crippen molar-refractivity contribution >= 4 is 27.9 Å². The van der Waals surface area contributed by atoms with E-state index in [0.717, 1.165) is 12.1 Å². The van der Waals surface area contributed by atoms with Crippen LogP contribution in [0.1, 0.15) is 15.9 Å². The topological polar surface area (TPSA) is 84.2 Å². The summed E-state index contributed by atoms with van der Waals surface area (Å²) >= 11 is 2.74. The minimum absolute atomic E-state index is 0.186. The van der Waals surface area contributed by atoms with E-state index >= 15 is 0 Å². The first-order chi connectivity index (χ1) is 8.21. The summed E-state index contributed by atoms with van der Waals surface area (Å²) < 4.78 is 37.5. The average molecular weight is 326 g/mol. The van der Waals surface area contributed by atoms with Gasteiger partial charge in [-0.25, -0.2) is 10.2 Å². The lowest BCUT2D eigenvalue weighted by atomic mass is 10.1. The minimum atomic E-state index is -4.59. The molecule has 3 amide bonds. The van der Waals surface area contributed by atoms with Crippen LogP contribution in [-0.4, -0.2) is 11.9 Å². The molecule has 1 rings (SSSR count). The number of hydrogen-bond acceptors (Lipinski definition) is 2. The van der Waals surface area contributed by atoms with Crippen molar-refractivity contribution in [3.63, 3.8) is 0 Å². The molecule has 0 heterocycles. The van der Waals surface area contributed by atoms with Crippen LogP contribution >= 0.6 is 15.9 Å². The van der Waals surface area contributed by atoms with Gasteiger partial charge in [0.15, 0.2) is 0 Å². The second-order valence-corrected chi connectivity index (χ2v) is 3.99. The smallest absolute Gasteiger partial charge is 0.350 e. The van der Waals surface area contributed by atoms with Crippen LogP contribution in [0.3, 0.4) is 0 Å². The normalized spacial score (nSPS) is 10.9. The number of primary amides is 1. The van der Waals surface area contributed by atoms with Gasteiger partial charge in [-0.3, -0.25) is 10.2 Å². The molecule has 0 spiro atoms. The molecule has 1 aromatic carbocycles. The Kier molecular flexibility index (Phi) is 4.17. The van der Waals surface area contributed by atoms with Crippen LogP contribution in [0.15, 0.2) is 22.7 Å². The van der Waals surface area contributed by atoms with E-state index in [0.29, 0.717) is 6.07 Å². The van der Waals surface area contributed by atoms with E-state index < -0.39 is 23.7 Å². The molecule has 0 atom stereocenters. The van der Waals surface area contributed by atoms with Crippen molar-refractivity contribution in [2.75, 3.05) is 0 Å². The van der Waals surface area contributed by atoms with Gasteiger partial charge in [0.05, 0.1) is 5.56 Å². The SMILES string of the molecule is NC(=O)NNC(=O)c1ccc(Br)c(C(F)(F)F)c1. The average Bonchev–Trinajstić information content (AvgIpc) is 2.24. The number of alkyl halides is 3. The molecule has 0 saturated heterocycles. The van der Waals surface area contributed by atoms with Crippen molar-refractivity contribution in [2.24, 2.45) is 5.73 Å². The van der Waals surface area contributed by atoms with Gasteiger partial charge in [-0.15, -0.1) is 0 Å². The fraction of sp³-hybridized carbons (Fsp3) is 0.111. The molecule has 0 aliphatic carbocycles. The molecule has 0 saturated carbocycles. The van der Waals surface area contributed by atoms with Gasteiger partial charge < -0.3 is 5.73 Å². The minimum Gasteiger partial charge on any atom is -0.350 e. The van der Waals surface area contributed by atoms with Gasteiger partial charge >= 0.3 is 12.2 Å². The first-order valence-corrected chi connectivity index (χ1v) is 5.23. The van der Waals surface area contributed by atoms with Crippen molar-refractivity contribution in [1.82, 2.24) is 10.9 Å². The molecular weight excluding hydrogens is 319 g/mol. The van der Waals surface area contributed by atoms with Gasteiger partial charge in [-0.1, -0.05) is 15.9 Å². The van der Waals surface area contributed by atoms with Crippen LogP contribution in [0.5, 0.6) is 0 Å². The van der Waals surface area contributed by atoms with Gasteiger partial charge in [-0.05, 0) is 18.2 Å². The first kappa shape index (κ1) is 14.3. The predicted molar refractivity (Wildman–Crippen MR) is 59.3 cm³/mol. The largest absolute Gasteiger partial charge is 0.417 e. The van der Waals surface area contributed by atoms with Crippen molar-refractivity contribution in [3.05, 3.63) is 33.8 Å². The molecule has 0 aliphatic rings. The van der Waals surface area contributed by atoms with Crippen molar-refractivity contribution < 1.29 is 22.8 Å². The van der Waals surface area contributed by atoms with E-state index in [1.165, 1.54) is 0 Å². The van der Waals surface area contributed by atoms with Crippen LogP contribution in [0.4, 0.5) is 18.0 Å². The van der Waals surface area contributed by atoms with Crippen LogP contribution < -0.4 is 16.6 Å². The summed E-state index contributed by atoms with van der Waals surface area (Å²) in [4.78, 5) is 21.7. The molecule has 98 valence electrons. The Hall–Kier alpha value is -1.77. The first-order valence-electron chi connectivity index (χ1n) is 4.44. The zero-order valence-electron chi connectivity index (χ0n) is 8.64. The Labute approximate surface area is 108 Å². The van der Waals surface area contributed by atoms with Gasteiger partial charge in [0.1, 0.15) is 0 Å². The summed E-state index contributed by atoms with van der Waals surface area (Å²) in [5, 5.41) is 0. The van der Waals surface area contributed by atoms with E-state index in [-0.39, 0.29) is 10.0 Å². The fourth-order valence-corrected chi connectivity index (χ4v) is 1.55. The summed E-state index contributed by atoms with van der Waals surface area (Å²) in [7, 11) is 0. The van der Waals surface area contributed by atoms with Crippen molar-refractivity contribution in [2.45, 2.75) is 6.18 Å². The highest BCUT2D eigenvalue weighted by atomic mass is 79.9. The second kappa shape index (κ2) is 5.25. The lowest BCUT2D eigenvalue weighted by Gasteiger charge is -2.11. The Morgan fingerprint density at radius 3 is 2.33 bits per heavy atom. The van der Waals surface area contributed by atoms with Crippen LogP contribution in [0.2, 0.25) is 0 Å². The standard InChI is InChI=1S/C9H7BrF3N3O2/c10-6-2-1-4(3-5(6)9(11,12)13)7(17)15-16-8(14)18/h1-3H,(H,15,17)(H3,14,16,18). The summed E-state index contributed by atoms with van der Waals surface area (Å²) in [6.45, 7) is 0. The lowest BCUT2D eigenvalue weighted by molar-refractivity contribution is -0.138. The van der Waals surface area contributed by atoms with E-state index in [1.54, 1.807) is 5.43 Å². The molecule has 0 aliphatic heterocycles.